The van der Waals surface area contributed by atoms with Gasteiger partial charge >= 0.3 is 0 Å². The first-order valence-electron chi connectivity index (χ1n) is 11.7. The number of fused-ring (bicyclic) bond motifs is 3. The van der Waals surface area contributed by atoms with E-state index in [-0.39, 0.29) is 30.4 Å². The molecule has 0 radical (unpaired) electrons. The number of hydrogen-bond donors (Lipinski definition) is 1. The van der Waals surface area contributed by atoms with Crippen molar-refractivity contribution in [3.8, 4) is 0 Å². The van der Waals surface area contributed by atoms with E-state index >= 15 is 0 Å². The van der Waals surface area contributed by atoms with Gasteiger partial charge in [-0.15, -0.1) is 0 Å². The van der Waals surface area contributed by atoms with E-state index in [0.29, 0.717) is 25.2 Å². The lowest BCUT2D eigenvalue weighted by Crippen LogP contribution is -2.48. The fraction of sp³-hybridized carbons (Fsp3) is 0.286. The van der Waals surface area contributed by atoms with E-state index in [9.17, 15) is 9.59 Å². The van der Waals surface area contributed by atoms with E-state index in [0.717, 1.165) is 32.9 Å². The van der Waals surface area contributed by atoms with Gasteiger partial charge in [0.05, 0.1) is 24.9 Å². The molecule has 6 nitrogen and oxygen atoms in total. The van der Waals surface area contributed by atoms with Gasteiger partial charge in [0, 0.05) is 36.1 Å². The highest BCUT2D eigenvalue weighted by Crippen LogP contribution is 2.30. The highest BCUT2D eigenvalue weighted by Gasteiger charge is 2.26. The van der Waals surface area contributed by atoms with E-state index in [1.165, 1.54) is 0 Å². The summed E-state index contributed by atoms with van der Waals surface area (Å²) in [6.07, 6.45) is 1.98. The van der Waals surface area contributed by atoms with Gasteiger partial charge in [-0.05, 0) is 48.4 Å². The summed E-state index contributed by atoms with van der Waals surface area (Å²) in [5.41, 5.74) is 3.24. The fourth-order valence-corrected chi connectivity index (χ4v) is 4.73. The van der Waals surface area contributed by atoms with Crippen LogP contribution in [0.2, 0.25) is 0 Å². The minimum absolute atomic E-state index is 0.0108. The van der Waals surface area contributed by atoms with Gasteiger partial charge in [-0.1, -0.05) is 42.5 Å². The second-order valence-electron chi connectivity index (χ2n) is 9.04. The molecule has 1 aromatic heterocycles. The maximum atomic E-state index is 12.8. The first-order valence-corrected chi connectivity index (χ1v) is 11.7. The number of rotatable bonds is 5. The van der Waals surface area contributed by atoms with Crippen LogP contribution < -0.4 is 5.32 Å². The van der Waals surface area contributed by atoms with Crippen molar-refractivity contribution >= 4 is 33.6 Å². The summed E-state index contributed by atoms with van der Waals surface area (Å²) in [5.74, 6) is -0.0660. The molecule has 2 amide bonds. The van der Waals surface area contributed by atoms with Crippen LogP contribution in [0.25, 0.3) is 21.7 Å². The maximum absolute atomic E-state index is 12.8. The molecule has 2 heterocycles. The van der Waals surface area contributed by atoms with Crippen LogP contribution in [0.3, 0.4) is 0 Å². The molecule has 34 heavy (non-hydrogen) atoms. The molecule has 1 saturated heterocycles. The predicted octanol–water partition coefficient (Wildman–Crippen LogP) is 4.69. The molecule has 1 aliphatic heterocycles. The summed E-state index contributed by atoms with van der Waals surface area (Å²) in [6, 6.07) is 19.5. The number of morpholine rings is 1. The average Bonchev–Trinajstić information content (AvgIpc) is 3.25. The van der Waals surface area contributed by atoms with Crippen molar-refractivity contribution in [2.45, 2.75) is 39.0 Å². The predicted molar refractivity (Wildman–Crippen MR) is 132 cm³/mol. The van der Waals surface area contributed by atoms with Crippen LogP contribution in [0.4, 0.5) is 0 Å². The van der Waals surface area contributed by atoms with Crippen molar-refractivity contribution < 1.29 is 18.7 Å². The van der Waals surface area contributed by atoms with Crippen molar-refractivity contribution in [2.24, 2.45) is 0 Å². The van der Waals surface area contributed by atoms with Gasteiger partial charge in [-0.25, -0.2) is 0 Å². The summed E-state index contributed by atoms with van der Waals surface area (Å²) in [5, 5.41) is 6.17. The Morgan fingerprint density at radius 3 is 2.47 bits per heavy atom. The zero-order valence-electron chi connectivity index (χ0n) is 19.4. The molecule has 5 rings (SSSR count). The maximum Gasteiger partial charge on any atom is 0.254 e. The van der Waals surface area contributed by atoms with Crippen LogP contribution in [0.1, 0.15) is 35.3 Å². The van der Waals surface area contributed by atoms with E-state index < -0.39 is 0 Å². The lowest BCUT2D eigenvalue weighted by molar-refractivity contribution is -0.120. The first-order chi connectivity index (χ1) is 16.5. The molecule has 1 N–H and O–H groups in total. The zero-order chi connectivity index (χ0) is 23.7. The third-order valence-electron chi connectivity index (χ3n) is 6.29. The van der Waals surface area contributed by atoms with Crippen LogP contribution in [-0.2, 0) is 22.5 Å². The first kappa shape index (κ1) is 22.2. The molecule has 174 valence electrons. The summed E-state index contributed by atoms with van der Waals surface area (Å²) >= 11 is 0. The Labute approximate surface area is 198 Å². The van der Waals surface area contributed by atoms with Gasteiger partial charge in [-0.3, -0.25) is 9.59 Å². The van der Waals surface area contributed by atoms with Crippen molar-refractivity contribution in [1.29, 1.82) is 0 Å². The smallest absolute Gasteiger partial charge is 0.254 e. The van der Waals surface area contributed by atoms with E-state index in [4.69, 9.17) is 9.15 Å². The summed E-state index contributed by atoms with van der Waals surface area (Å²) < 4.78 is 11.4. The lowest BCUT2D eigenvalue weighted by atomic mass is 10.0. The number of ether oxygens (including phenoxy) is 1. The van der Waals surface area contributed by atoms with Crippen LogP contribution >= 0.6 is 0 Å². The summed E-state index contributed by atoms with van der Waals surface area (Å²) in [4.78, 5) is 27.4. The van der Waals surface area contributed by atoms with E-state index in [2.05, 4.69) is 17.4 Å². The lowest BCUT2D eigenvalue weighted by Gasteiger charge is -2.35. The quantitative estimate of drug-likeness (QED) is 0.473. The molecule has 4 aromatic rings. The highest BCUT2D eigenvalue weighted by molar-refractivity contribution is 6.08. The Bertz CT molecular complexity index is 1330. The molecular formula is C28H28N2O4. The third kappa shape index (κ3) is 4.54. The molecule has 2 unspecified atom stereocenters. The number of amides is 2. The van der Waals surface area contributed by atoms with Crippen LogP contribution in [-0.4, -0.2) is 42.0 Å². The summed E-state index contributed by atoms with van der Waals surface area (Å²) in [6.45, 7) is 5.56. The van der Waals surface area contributed by atoms with Crippen LogP contribution in [0.5, 0.6) is 0 Å². The molecule has 1 fully saturated rings. The van der Waals surface area contributed by atoms with Crippen molar-refractivity contribution in [3.05, 3.63) is 83.6 Å². The molecule has 0 saturated carbocycles. The molecular weight excluding hydrogens is 428 g/mol. The van der Waals surface area contributed by atoms with Gasteiger partial charge in [0.15, 0.2) is 0 Å². The number of hydrogen-bond acceptors (Lipinski definition) is 4. The Morgan fingerprint density at radius 2 is 1.71 bits per heavy atom. The molecule has 0 aliphatic carbocycles. The van der Waals surface area contributed by atoms with Crippen molar-refractivity contribution in [2.75, 3.05) is 13.1 Å². The standard InChI is InChI=1S/C28H28N2O4/c1-18-15-30(16-19(2)34-18)28(32)22-9-7-20(8-10-22)14-29-26(31)13-23-17-33-25-12-11-21-5-3-4-6-24(21)27(23)25/h3-12,17-19H,13-16H2,1-2H3,(H,29,31). The SMILES string of the molecule is CC1CN(C(=O)c2ccc(CNC(=O)Cc3coc4ccc5ccccc5c34)cc2)CC(C)O1. The number of nitrogens with zero attached hydrogens (tertiary/aromatic N) is 1. The number of furan rings is 1. The summed E-state index contributed by atoms with van der Waals surface area (Å²) in [7, 11) is 0. The van der Waals surface area contributed by atoms with Crippen molar-refractivity contribution in [1.82, 2.24) is 10.2 Å². The third-order valence-corrected chi connectivity index (χ3v) is 6.29. The Kier molecular flexibility index (Phi) is 6.07. The molecule has 1 aliphatic rings. The topological polar surface area (TPSA) is 71.8 Å². The van der Waals surface area contributed by atoms with Gasteiger partial charge in [0.1, 0.15) is 5.58 Å². The number of carbonyl (C=O) groups excluding carboxylic acids is 2. The molecule has 2 atom stereocenters. The minimum Gasteiger partial charge on any atom is -0.464 e. The van der Waals surface area contributed by atoms with Gasteiger partial charge in [-0.2, -0.15) is 0 Å². The Morgan fingerprint density at radius 1 is 0.971 bits per heavy atom. The van der Waals surface area contributed by atoms with Gasteiger partial charge in [0.25, 0.3) is 5.91 Å². The Hall–Kier alpha value is -3.64. The zero-order valence-corrected chi connectivity index (χ0v) is 19.4. The van der Waals surface area contributed by atoms with Gasteiger partial charge in [0.2, 0.25) is 5.91 Å². The average molecular weight is 457 g/mol. The van der Waals surface area contributed by atoms with Crippen LogP contribution in [0.15, 0.2) is 71.3 Å². The highest BCUT2D eigenvalue weighted by atomic mass is 16.5. The second-order valence-corrected chi connectivity index (χ2v) is 9.04. The number of carbonyl (C=O) groups is 2. The normalized spacial score (nSPS) is 18.4. The fourth-order valence-electron chi connectivity index (χ4n) is 4.73. The van der Waals surface area contributed by atoms with E-state index in [1.807, 2.05) is 67.3 Å². The second kappa shape index (κ2) is 9.31. The molecule has 6 heteroatoms. The number of nitrogens with one attached hydrogen (secondary N) is 1. The minimum atomic E-state index is -0.0768. The van der Waals surface area contributed by atoms with Crippen molar-refractivity contribution in [3.63, 3.8) is 0 Å². The molecule has 0 bridgehead atoms. The van der Waals surface area contributed by atoms with Crippen LogP contribution in [0, 0.1) is 0 Å². The molecule has 0 spiro atoms. The monoisotopic (exact) mass is 456 g/mol. The van der Waals surface area contributed by atoms with Gasteiger partial charge < -0.3 is 19.4 Å². The molecule has 3 aromatic carbocycles. The Balaban J connectivity index is 1.22. The largest absolute Gasteiger partial charge is 0.464 e. The van der Waals surface area contributed by atoms with E-state index in [1.54, 1.807) is 6.26 Å². The number of benzene rings is 3.